The van der Waals surface area contributed by atoms with Crippen LogP contribution in [0.3, 0.4) is 0 Å². The highest BCUT2D eigenvalue weighted by Gasteiger charge is 2.55. The zero-order valence-electron chi connectivity index (χ0n) is 7.26. The SMILES string of the molecule is CCCN1POC2(CC2)[C@@H]1C. The van der Waals surface area contributed by atoms with Crippen LogP contribution in [0, 0.1) is 0 Å². The summed E-state index contributed by atoms with van der Waals surface area (Å²) < 4.78 is 8.26. The van der Waals surface area contributed by atoms with Crippen LogP contribution in [0.15, 0.2) is 0 Å². The molecule has 0 N–H and O–H groups in total. The molecule has 0 amide bonds. The molecule has 64 valence electrons. The molecule has 2 nitrogen and oxygen atoms in total. The van der Waals surface area contributed by atoms with Crippen LogP contribution in [-0.4, -0.2) is 22.9 Å². The molecule has 1 spiro atoms. The van der Waals surface area contributed by atoms with E-state index in [-0.39, 0.29) is 0 Å². The van der Waals surface area contributed by atoms with E-state index in [1.165, 1.54) is 25.8 Å². The fourth-order valence-corrected chi connectivity index (χ4v) is 3.10. The van der Waals surface area contributed by atoms with Crippen molar-refractivity contribution >= 4 is 8.96 Å². The van der Waals surface area contributed by atoms with E-state index in [1.54, 1.807) is 0 Å². The Balaban J connectivity index is 1.95. The largest absolute Gasteiger partial charge is 0.338 e. The van der Waals surface area contributed by atoms with Crippen molar-refractivity contribution in [3.05, 3.63) is 0 Å². The molecule has 1 heterocycles. The molecule has 1 saturated heterocycles. The molecule has 1 aliphatic carbocycles. The summed E-state index contributed by atoms with van der Waals surface area (Å²) in [5.41, 5.74) is 0.313. The van der Waals surface area contributed by atoms with Crippen LogP contribution in [0.5, 0.6) is 0 Å². The van der Waals surface area contributed by atoms with Gasteiger partial charge in [0.15, 0.2) is 0 Å². The van der Waals surface area contributed by atoms with Gasteiger partial charge in [-0.05, 0) is 26.2 Å². The first kappa shape index (κ1) is 7.97. The van der Waals surface area contributed by atoms with Gasteiger partial charge in [-0.2, -0.15) is 0 Å². The molecule has 1 aliphatic heterocycles. The van der Waals surface area contributed by atoms with E-state index in [9.17, 15) is 0 Å². The number of nitrogens with zero attached hydrogens (tertiary/aromatic N) is 1. The molecular formula is C8H16NOP. The lowest BCUT2D eigenvalue weighted by molar-refractivity contribution is 0.184. The monoisotopic (exact) mass is 173 g/mol. The van der Waals surface area contributed by atoms with Crippen LogP contribution < -0.4 is 0 Å². The highest BCUT2D eigenvalue weighted by atomic mass is 31.1. The normalized spacial score (nSPS) is 37.1. The quantitative estimate of drug-likeness (QED) is 0.593. The Labute approximate surface area is 70.2 Å². The molecule has 0 radical (unpaired) electrons. The number of hydrogen-bond donors (Lipinski definition) is 0. The topological polar surface area (TPSA) is 12.5 Å². The van der Waals surface area contributed by atoms with Crippen molar-refractivity contribution in [2.45, 2.75) is 44.8 Å². The average Bonchev–Trinajstić information content (AvgIpc) is 2.71. The highest BCUT2D eigenvalue weighted by Crippen LogP contribution is 2.56. The Morgan fingerprint density at radius 1 is 1.64 bits per heavy atom. The van der Waals surface area contributed by atoms with Crippen LogP contribution in [-0.2, 0) is 4.52 Å². The van der Waals surface area contributed by atoms with Crippen molar-refractivity contribution in [3.8, 4) is 0 Å². The van der Waals surface area contributed by atoms with Crippen LogP contribution in [0.25, 0.3) is 0 Å². The van der Waals surface area contributed by atoms with E-state index in [1.807, 2.05) is 0 Å². The smallest absolute Gasteiger partial charge is 0.0901 e. The Hall–Kier alpha value is 0.350. The molecule has 0 aromatic rings. The van der Waals surface area contributed by atoms with E-state index in [2.05, 4.69) is 18.5 Å². The molecule has 0 aromatic carbocycles. The fraction of sp³-hybridized carbons (Fsp3) is 1.00. The van der Waals surface area contributed by atoms with Gasteiger partial charge in [0.1, 0.15) is 0 Å². The summed E-state index contributed by atoms with van der Waals surface area (Å²) in [5.74, 6) is 0. The van der Waals surface area contributed by atoms with E-state index in [0.29, 0.717) is 20.6 Å². The molecule has 0 aromatic heterocycles. The zero-order valence-corrected chi connectivity index (χ0v) is 8.26. The molecule has 1 unspecified atom stereocenters. The second-order valence-corrected chi connectivity index (χ2v) is 4.59. The third kappa shape index (κ3) is 1.22. The summed E-state index contributed by atoms with van der Waals surface area (Å²) in [7, 11) is 0.634. The van der Waals surface area contributed by atoms with Gasteiger partial charge in [0, 0.05) is 12.6 Å². The molecule has 11 heavy (non-hydrogen) atoms. The second kappa shape index (κ2) is 2.69. The molecule has 2 rings (SSSR count). The third-order valence-corrected chi connectivity index (χ3v) is 4.15. The third-order valence-electron chi connectivity index (χ3n) is 2.80. The average molecular weight is 173 g/mol. The van der Waals surface area contributed by atoms with Crippen molar-refractivity contribution in [1.82, 2.24) is 4.67 Å². The summed E-state index contributed by atoms with van der Waals surface area (Å²) in [6.07, 6.45) is 3.83. The van der Waals surface area contributed by atoms with Gasteiger partial charge in [-0.25, -0.2) is 0 Å². The minimum Gasteiger partial charge on any atom is -0.338 e. The van der Waals surface area contributed by atoms with Crippen LogP contribution in [0.1, 0.15) is 33.1 Å². The van der Waals surface area contributed by atoms with Gasteiger partial charge >= 0.3 is 0 Å². The molecule has 0 bridgehead atoms. The zero-order chi connectivity index (χ0) is 7.90. The molecular weight excluding hydrogens is 157 g/mol. The molecule has 2 fully saturated rings. The molecule has 1 saturated carbocycles. The van der Waals surface area contributed by atoms with Crippen LogP contribution in [0.2, 0.25) is 0 Å². The molecule has 2 atom stereocenters. The Bertz CT molecular complexity index is 158. The molecule has 3 heteroatoms. The summed E-state index contributed by atoms with van der Waals surface area (Å²) in [5, 5.41) is 0. The van der Waals surface area contributed by atoms with Gasteiger partial charge in [0.25, 0.3) is 0 Å². The standard InChI is InChI=1S/C8H16NOP/c1-3-6-9-7(2)8(4-5-8)10-11-9/h7,11H,3-6H2,1-2H3/t7-/m0/s1. The maximum atomic E-state index is 5.78. The van der Waals surface area contributed by atoms with Gasteiger partial charge in [0.2, 0.25) is 0 Å². The predicted octanol–water partition coefficient (Wildman–Crippen LogP) is 2.16. The number of rotatable bonds is 2. The van der Waals surface area contributed by atoms with E-state index < -0.39 is 0 Å². The maximum absolute atomic E-state index is 5.78. The maximum Gasteiger partial charge on any atom is 0.0901 e. The van der Waals surface area contributed by atoms with Gasteiger partial charge in [0.05, 0.1) is 14.6 Å². The lowest BCUT2D eigenvalue weighted by atomic mass is 10.1. The van der Waals surface area contributed by atoms with Gasteiger partial charge in [-0.15, -0.1) is 0 Å². The fourth-order valence-electron chi connectivity index (χ4n) is 1.72. The Morgan fingerprint density at radius 2 is 2.36 bits per heavy atom. The van der Waals surface area contributed by atoms with Crippen molar-refractivity contribution in [2.24, 2.45) is 0 Å². The van der Waals surface area contributed by atoms with E-state index in [0.717, 1.165) is 0 Å². The number of hydrogen-bond acceptors (Lipinski definition) is 2. The second-order valence-electron chi connectivity index (χ2n) is 3.63. The lowest BCUT2D eigenvalue weighted by Crippen LogP contribution is -2.31. The highest BCUT2D eigenvalue weighted by molar-refractivity contribution is 7.29. The van der Waals surface area contributed by atoms with E-state index >= 15 is 0 Å². The van der Waals surface area contributed by atoms with Crippen molar-refractivity contribution in [1.29, 1.82) is 0 Å². The minimum absolute atomic E-state index is 0.313. The van der Waals surface area contributed by atoms with E-state index in [4.69, 9.17) is 4.52 Å². The predicted molar refractivity (Wildman–Crippen MR) is 47.8 cm³/mol. The molecule has 2 aliphatic rings. The van der Waals surface area contributed by atoms with Crippen molar-refractivity contribution in [3.63, 3.8) is 0 Å². The first-order valence-corrected chi connectivity index (χ1v) is 5.34. The Morgan fingerprint density at radius 3 is 2.82 bits per heavy atom. The Kier molecular flexibility index (Phi) is 1.95. The van der Waals surface area contributed by atoms with Crippen LogP contribution in [0.4, 0.5) is 0 Å². The summed E-state index contributed by atoms with van der Waals surface area (Å²) in [4.78, 5) is 0. The van der Waals surface area contributed by atoms with Gasteiger partial charge < -0.3 is 4.52 Å². The van der Waals surface area contributed by atoms with Gasteiger partial charge in [-0.1, -0.05) is 6.92 Å². The summed E-state index contributed by atoms with van der Waals surface area (Å²) in [6.45, 7) is 5.75. The first-order chi connectivity index (χ1) is 5.28. The summed E-state index contributed by atoms with van der Waals surface area (Å²) in [6, 6.07) is 0.681. The van der Waals surface area contributed by atoms with Crippen LogP contribution >= 0.6 is 8.96 Å². The van der Waals surface area contributed by atoms with Crippen molar-refractivity contribution in [2.75, 3.05) is 6.54 Å². The lowest BCUT2D eigenvalue weighted by Gasteiger charge is -2.19. The summed E-state index contributed by atoms with van der Waals surface area (Å²) >= 11 is 0. The van der Waals surface area contributed by atoms with Gasteiger partial charge in [-0.3, -0.25) is 4.67 Å². The van der Waals surface area contributed by atoms with Crippen molar-refractivity contribution < 1.29 is 4.52 Å². The minimum atomic E-state index is 0.313. The first-order valence-electron chi connectivity index (χ1n) is 4.49.